The van der Waals surface area contributed by atoms with Crippen molar-refractivity contribution in [1.29, 1.82) is 0 Å². The van der Waals surface area contributed by atoms with Gasteiger partial charge in [-0.05, 0) is 77.0 Å². The van der Waals surface area contributed by atoms with Gasteiger partial charge in [-0.3, -0.25) is 14.2 Å². The number of phosphoric ester groups is 1. The van der Waals surface area contributed by atoms with Crippen LogP contribution in [0.3, 0.4) is 0 Å². The van der Waals surface area contributed by atoms with Gasteiger partial charge in [0.15, 0.2) is 6.10 Å². The van der Waals surface area contributed by atoms with E-state index in [2.05, 4.69) is 62.5 Å². The van der Waals surface area contributed by atoms with Crippen LogP contribution in [0.1, 0.15) is 168 Å². The summed E-state index contributed by atoms with van der Waals surface area (Å²) in [7, 11) is 1.13. The first-order valence-electron chi connectivity index (χ1n) is 21.3. The summed E-state index contributed by atoms with van der Waals surface area (Å²) < 4.78 is 33.8. The zero-order chi connectivity index (χ0) is 40.0. The highest BCUT2D eigenvalue weighted by Crippen LogP contribution is 2.38. The van der Waals surface area contributed by atoms with Gasteiger partial charge < -0.3 is 27.9 Å². The van der Waals surface area contributed by atoms with Gasteiger partial charge in [-0.2, -0.15) is 0 Å². The number of likely N-dealkylation sites (N-methyl/N-ethyl adjacent to an activating group) is 1. The van der Waals surface area contributed by atoms with Crippen molar-refractivity contribution < 1.29 is 42.1 Å². The number of carbonyl (C=O) groups is 2. The Morgan fingerprint density at radius 1 is 0.574 bits per heavy atom. The number of rotatable bonds is 38. The van der Waals surface area contributed by atoms with Gasteiger partial charge in [0.05, 0.1) is 27.7 Å². The van der Waals surface area contributed by atoms with E-state index in [-0.39, 0.29) is 26.1 Å². The normalized spacial score (nSPS) is 14.1. The molecule has 2 unspecified atom stereocenters. The maximum Gasteiger partial charge on any atom is 0.306 e. The minimum atomic E-state index is -4.63. The van der Waals surface area contributed by atoms with Crippen molar-refractivity contribution in [3.63, 3.8) is 0 Å². The van der Waals surface area contributed by atoms with Crippen LogP contribution in [0.5, 0.6) is 0 Å². The summed E-state index contributed by atoms with van der Waals surface area (Å²) >= 11 is 0. The number of esters is 2. The number of hydrogen-bond donors (Lipinski definition) is 0. The monoisotopic (exact) mass is 782 g/mol. The van der Waals surface area contributed by atoms with Gasteiger partial charge in [0.1, 0.15) is 19.8 Å². The van der Waals surface area contributed by atoms with E-state index in [1.165, 1.54) is 64.2 Å². The van der Waals surface area contributed by atoms with E-state index in [9.17, 15) is 19.0 Å². The molecule has 0 radical (unpaired) electrons. The van der Waals surface area contributed by atoms with E-state index in [0.717, 1.165) is 64.2 Å². The number of hydrogen-bond acceptors (Lipinski definition) is 8. The van der Waals surface area contributed by atoms with Crippen molar-refractivity contribution in [1.82, 2.24) is 0 Å². The maximum atomic E-state index is 12.6. The third kappa shape index (κ3) is 39.7. The van der Waals surface area contributed by atoms with E-state index in [1.807, 2.05) is 21.1 Å². The molecule has 0 fully saturated rings. The zero-order valence-electron chi connectivity index (χ0n) is 35.2. The van der Waals surface area contributed by atoms with Crippen LogP contribution in [-0.2, 0) is 32.7 Å². The highest BCUT2D eigenvalue weighted by molar-refractivity contribution is 7.45. The molecule has 0 aromatic rings. The van der Waals surface area contributed by atoms with Gasteiger partial charge in [0.25, 0.3) is 7.82 Å². The summed E-state index contributed by atoms with van der Waals surface area (Å²) in [6, 6.07) is 0. The lowest BCUT2D eigenvalue weighted by atomic mass is 10.1. The number of unbranched alkanes of at least 4 members (excludes halogenated alkanes) is 16. The van der Waals surface area contributed by atoms with Gasteiger partial charge in [-0.15, -0.1) is 0 Å². The van der Waals surface area contributed by atoms with Crippen molar-refractivity contribution in [2.24, 2.45) is 0 Å². The van der Waals surface area contributed by atoms with Crippen LogP contribution in [0, 0.1) is 0 Å². The van der Waals surface area contributed by atoms with Gasteiger partial charge in [0.2, 0.25) is 0 Å². The molecule has 0 saturated carbocycles. The van der Waals surface area contributed by atoms with Crippen LogP contribution in [0.2, 0.25) is 0 Å². The second-order valence-electron chi connectivity index (χ2n) is 15.3. The van der Waals surface area contributed by atoms with Gasteiger partial charge in [-0.25, -0.2) is 0 Å². The van der Waals surface area contributed by atoms with Crippen molar-refractivity contribution in [2.75, 3.05) is 47.5 Å². The Kier molecular flexibility index (Phi) is 35.2. The topological polar surface area (TPSA) is 111 Å². The van der Waals surface area contributed by atoms with Gasteiger partial charge >= 0.3 is 11.9 Å². The fraction of sp³-hybridized carbons (Fsp3) is 0.773. The molecule has 10 heteroatoms. The largest absolute Gasteiger partial charge is 0.756 e. The Balaban J connectivity index is 4.47. The third-order valence-electron chi connectivity index (χ3n) is 8.82. The molecule has 0 aliphatic heterocycles. The standard InChI is InChI=1S/C44H80NO8P/c1-6-8-10-12-14-16-18-20-22-24-26-28-30-32-34-36-43(46)50-40-42(41-52-54(48,49)51-39-38-45(3,4)5)53-44(47)37-35-33-31-29-27-25-23-21-19-17-15-13-11-9-7-2/h14,16,20-23,26,28,42H,6-13,15,17-19,24-25,27,29-41H2,1-5H3. The first-order valence-corrected chi connectivity index (χ1v) is 22.8. The highest BCUT2D eigenvalue weighted by Gasteiger charge is 2.21. The molecule has 0 aliphatic rings. The fourth-order valence-corrected chi connectivity index (χ4v) is 6.15. The molecular weight excluding hydrogens is 701 g/mol. The summed E-state index contributed by atoms with van der Waals surface area (Å²) in [6.45, 7) is 4.13. The Hall–Kier alpha value is -2.03. The van der Waals surface area contributed by atoms with Crippen molar-refractivity contribution in [3.8, 4) is 0 Å². The SMILES string of the molecule is CCCCCC=CCC=CCC=CCCCCC(=O)OCC(COP(=O)([O-])OCC[N+](C)(C)C)OC(=O)CCCCCCCC=CCCCCCCCC. The molecule has 0 amide bonds. The van der Waals surface area contributed by atoms with Crippen molar-refractivity contribution >= 4 is 19.8 Å². The summed E-state index contributed by atoms with van der Waals surface area (Å²) in [4.78, 5) is 37.4. The minimum absolute atomic E-state index is 0.0397. The lowest BCUT2D eigenvalue weighted by Crippen LogP contribution is -2.37. The highest BCUT2D eigenvalue weighted by atomic mass is 31.2. The van der Waals surface area contributed by atoms with E-state index >= 15 is 0 Å². The molecule has 0 heterocycles. The molecular formula is C44H80NO8P. The smallest absolute Gasteiger partial charge is 0.306 e. The fourth-order valence-electron chi connectivity index (χ4n) is 5.42. The average Bonchev–Trinajstić information content (AvgIpc) is 3.12. The molecule has 0 aromatic carbocycles. The number of quaternary nitrogens is 1. The average molecular weight is 782 g/mol. The van der Waals surface area contributed by atoms with E-state index in [1.54, 1.807) is 0 Å². The number of carbonyl (C=O) groups excluding carboxylic acids is 2. The summed E-state index contributed by atoms with van der Waals surface area (Å²) in [5.41, 5.74) is 0. The van der Waals surface area contributed by atoms with Gasteiger partial charge in [-0.1, -0.05) is 127 Å². The molecule has 0 aliphatic carbocycles. The maximum absolute atomic E-state index is 12.6. The molecule has 0 saturated heterocycles. The van der Waals surface area contributed by atoms with E-state index in [4.69, 9.17) is 18.5 Å². The van der Waals surface area contributed by atoms with Crippen LogP contribution in [0.25, 0.3) is 0 Å². The number of phosphoric acid groups is 1. The lowest BCUT2D eigenvalue weighted by molar-refractivity contribution is -0.870. The lowest BCUT2D eigenvalue weighted by Gasteiger charge is -2.28. The Morgan fingerprint density at radius 3 is 1.57 bits per heavy atom. The van der Waals surface area contributed by atoms with E-state index in [0.29, 0.717) is 23.9 Å². The summed E-state index contributed by atoms with van der Waals surface area (Å²) in [5, 5.41) is 0. The molecule has 0 aromatic heterocycles. The second kappa shape index (κ2) is 36.6. The van der Waals surface area contributed by atoms with Crippen LogP contribution in [-0.4, -0.2) is 70.0 Å². The molecule has 9 nitrogen and oxygen atoms in total. The molecule has 0 N–H and O–H groups in total. The molecule has 54 heavy (non-hydrogen) atoms. The number of ether oxygens (including phenoxy) is 2. The quantitative estimate of drug-likeness (QED) is 0.0200. The third-order valence-corrected chi connectivity index (χ3v) is 9.79. The van der Waals surface area contributed by atoms with Crippen molar-refractivity contribution in [2.45, 2.75) is 174 Å². The molecule has 2 atom stereocenters. The number of allylic oxidation sites excluding steroid dienone is 8. The Morgan fingerprint density at radius 2 is 1.00 bits per heavy atom. The predicted octanol–water partition coefficient (Wildman–Crippen LogP) is 11.3. The molecule has 314 valence electrons. The summed E-state index contributed by atoms with van der Waals surface area (Å²) in [6.07, 6.45) is 41.4. The Bertz CT molecular complexity index is 1070. The van der Waals surface area contributed by atoms with Crippen LogP contribution in [0.4, 0.5) is 0 Å². The molecule has 0 bridgehead atoms. The minimum Gasteiger partial charge on any atom is -0.756 e. The van der Waals surface area contributed by atoms with Crippen molar-refractivity contribution in [3.05, 3.63) is 48.6 Å². The second-order valence-corrected chi connectivity index (χ2v) is 16.8. The van der Waals surface area contributed by atoms with Gasteiger partial charge in [0, 0.05) is 12.8 Å². The van der Waals surface area contributed by atoms with Crippen LogP contribution >= 0.6 is 7.82 Å². The summed E-state index contributed by atoms with van der Waals surface area (Å²) in [5.74, 6) is -0.892. The zero-order valence-corrected chi connectivity index (χ0v) is 36.0. The predicted molar refractivity (Wildman–Crippen MR) is 222 cm³/mol. The van der Waals surface area contributed by atoms with Crippen LogP contribution < -0.4 is 4.89 Å². The van der Waals surface area contributed by atoms with Crippen LogP contribution in [0.15, 0.2) is 48.6 Å². The first-order chi connectivity index (χ1) is 26.0. The van der Waals surface area contributed by atoms with E-state index < -0.39 is 32.5 Å². The Labute approximate surface area is 331 Å². The molecule has 0 spiro atoms. The molecule has 0 rings (SSSR count). The number of nitrogens with zero attached hydrogens (tertiary/aromatic N) is 1. The first kappa shape index (κ1) is 52.0.